The summed E-state index contributed by atoms with van der Waals surface area (Å²) in [6.45, 7) is 1.64. The zero-order chi connectivity index (χ0) is 37.5. The standard InChI is InChI=1S/C23H17ClN2O2S.C16H12ClN3O4/c1-29-22-15-21(25-26(22)23(27)17-7-11-18(24)12-8-17)16-9-13-20(14-10-16)28-19-5-3-2-4-6-19;1-9-13(14(19-24-9)16(22)23-2)12-7-8-18-20(12)15(21)10-3-5-11(17)6-4-10/h2-15H,1H3;3-8H,1-2H3. The Morgan fingerprint density at radius 1 is 0.755 bits per heavy atom. The summed E-state index contributed by atoms with van der Waals surface area (Å²) >= 11 is 13.2. The number of para-hydroxylation sites is 1. The summed E-state index contributed by atoms with van der Waals surface area (Å²) in [5.41, 5.74) is 3.30. The van der Waals surface area contributed by atoms with Crippen molar-refractivity contribution in [2.45, 2.75) is 11.9 Å². The highest BCUT2D eigenvalue weighted by molar-refractivity contribution is 7.98. The third-order valence-electron chi connectivity index (χ3n) is 7.72. The molecule has 0 aliphatic carbocycles. The van der Waals surface area contributed by atoms with E-state index in [4.69, 9.17) is 37.2 Å². The fourth-order valence-corrected chi connectivity index (χ4v) is 5.89. The van der Waals surface area contributed by atoms with Crippen LogP contribution in [0.2, 0.25) is 10.0 Å². The average molecular weight is 767 g/mol. The van der Waals surface area contributed by atoms with Gasteiger partial charge in [-0.3, -0.25) is 9.59 Å². The molecule has 0 aliphatic rings. The van der Waals surface area contributed by atoms with Gasteiger partial charge in [-0.15, -0.1) is 11.8 Å². The van der Waals surface area contributed by atoms with Gasteiger partial charge in [0.25, 0.3) is 11.8 Å². The lowest BCUT2D eigenvalue weighted by molar-refractivity contribution is 0.0589. The molecule has 0 amide bonds. The molecule has 14 heteroatoms. The van der Waals surface area contributed by atoms with E-state index in [1.165, 1.54) is 34.4 Å². The van der Waals surface area contributed by atoms with E-state index in [1.807, 2.05) is 66.9 Å². The molecule has 11 nitrogen and oxygen atoms in total. The molecule has 266 valence electrons. The Hall–Kier alpha value is -5.95. The third kappa shape index (κ3) is 8.41. The van der Waals surface area contributed by atoms with Gasteiger partial charge >= 0.3 is 5.97 Å². The minimum Gasteiger partial charge on any atom is -0.464 e. The largest absolute Gasteiger partial charge is 0.464 e. The molecule has 0 bridgehead atoms. The van der Waals surface area contributed by atoms with Crippen LogP contribution in [0.4, 0.5) is 0 Å². The Balaban J connectivity index is 0.000000185. The molecule has 3 aromatic heterocycles. The molecule has 0 aliphatic heterocycles. The SMILES string of the molecule is COC(=O)c1noc(C)c1-c1ccnn1C(=O)c1ccc(Cl)cc1.CSc1cc(-c2ccc(Oc3ccccc3)cc2)nn1C(=O)c1ccc(Cl)cc1. The van der Waals surface area contributed by atoms with E-state index in [-0.39, 0.29) is 17.5 Å². The monoisotopic (exact) mass is 765 g/mol. The van der Waals surface area contributed by atoms with Gasteiger partial charge in [-0.25, -0.2) is 4.79 Å². The zero-order valence-electron chi connectivity index (χ0n) is 28.4. The number of halogens is 2. The van der Waals surface area contributed by atoms with E-state index < -0.39 is 5.97 Å². The Morgan fingerprint density at radius 2 is 1.34 bits per heavy atom. The summed E-state index contributed by atoms with van der Waals surface area (Å²) in [6.07, 6.45) is 3.37. The van der Waals surface area contributed by atoms with Crippen LogP contribution in [0.1, 0.15) is 37.0 Å². The number of hydrogen-bond donors (Lipinski definition) is 0. The van der Waals surface area contributed by atoms with Crippen LogP contribution >= 0.6 is 35.0 Å². The second-order valence-electron chi connectivity index (χ2n) is 11.1. The maximum absolute atomic E-state index is 12.9. The van der Waals surface area contributed by atoms with Crippen LogP contribution in [0.15, 0.2) is 131 Å². The summed E-state index contributed by atoms with van der Waals surface area (Å²) < 4.78 is 18.2. The Labute approximate surface area is 318 Å². The quantitative estimate of drug-likeness (QED) is 0.109. The highest BCUT2D eigenvalue weighted by Gasteiger charge is 2.26. The molecule has 4 aromatic carbocycles. The molecule has 7 rings (SSSR count). The second kappa shape index (κ2) is 16.6. The van der Waals surface area contributed by atoms with Gasteiger partial charge in [-0.2, -0.15) is 19.6 Å². The van der Waals surface area contributed by atoms with Crippen molar-refractivity contribution in [1.29, 1.82) is 0 Å². The number of methoxy groups -OCH3 is 1. The summed E-state index contributed by atoms with van der Waals surface area (Å²) in [5.74, 6) is 0.670. The van der Waals surface area contributed by atoms with Crippen LogP contribution in [-0.2, 0) is 4.74 Å². The van der Waals surface area contributed by atoms with Gasteiger partial charge in [0.2, 0.25) is 5.69 Å². The van der Waals surface area contributed by atoms with Crippen LogP contribution in [-0.4, -0.2) is 55.9 Å². The highest BCUT2D eigenvalue weighted by Crippen LogP contribution is 2.30. The van der Waals surface area contributed by atoms with Gasteiger partial charge in [0.1, 0.15) is 22.3 Å². The summed E-state index contributed by atoms with van der Waals surface area (Å²) in [5, 5.41) is 14.2. The van der Waals surface area contributed by atoms with Crippen LogP contribution in [0.3, 0.4) is 0 Å². The average Bonchev–Trinajstić information content (AvgIpc) is 3.94. The van der Waals surface area contributed by atoms with Gasteiger partial charge in [-0.05, 0) is 110 Å². The summed E-state index contributed by atoms with van der Waals surface area (Å²) in [7, 11) is 1.24. The van der Waals surface area contributed by atoms with E-state index >= 15 is 0 Å². The molecule has 3 heterocycles. The van der Waals surface area contributed by atoms with E-state index in [0.29, 0.717) is 38.2 Å². The first-order valence-electron chi connectivity index (χ1n) is 15.8. The van der Waals surface area contributed by atoms with Crippen LogP contribution in [0.25, 0.3) is 22.5 Å². The smallest absolute Gasteiger partial charge is 0.360 e. The topological polar surface area (TPSA) is 131 Å². The number of hydrogen-bond acceptors (Lipinski definition) is 10. The maximum Gasteiger partial charge on any atom is 0.360 e. The number of esters is 1. The van der Waals surface area contributed by atoms with Crippen molar-refractivity contribution in [2.24, 2.45) is 0 Å². The molecule has 0 saturated heterocycles. The molecule has 7 aromatic rings. The fourth-order valence-electron chi connectivity index (χ4n) is 5.11. The van der Waals surface area contributed by atoms with Crippen molar-refractivity contribution in [3.05, 3.63) is 154 Å². The molecule has 0 unspecified atom stereocenters. The minimum atomic E-state index is -0.659. The van der Waals surface area contributed by atoms with Crippen molar-refractivity contribution in [3.8, 4) is 34.0 Å². The van der Waals surface area contributed by atoms with E-state index in [2.05, 4.69) is 15.4 Å². The highest BCUT2D eigenvalue weighted by atomic mass is 35.5. The van der Waals surface area contributed by atoms with Gasteiger partial charge in [0.15, 0.2) is 0 Å². The third-order valence-corrected chi connectivity index (χ3v) is 8.94. The minimum absolute atomic E-state index is 0.0133. The number of nitrogens with zero attached hydrogens (tertiary/aromatic N) is 5. The number of carbonyl (C=O) groups is 3. The lowest BCUT2D eigenvalue weighted by atomic mass is 10.1. The molecule has 0 fully saturated rings. The van der Waals surface area contributed by atoms with Crippen LogP contribution in [0, 0.1) is 6.92 Å². The Morgan fingerprint density at radius 3 is 1.92 bits per heavy atom. The molecule has 53 heavy (non-hydrogen) atoms. The van der Waals surface area contributed by atoms with E-state index in [0.717, 1.165) is 27.8 Å². The number of thioether (sulfide) groups is 1. The van der Waals surface area contributed by atoms with Crippen molar-refractivity contribution < 1.29 is 28.4 Å². The first-order chi connectivity index (χ1) is 25.7. The lowest BCUT2D eigenvalue weighted by Crippen LogP contribution is -2.15. The molecular weight excluding hydrogens is 737 g/mol. The van der Waals surface area contributed by atoms with Crippen LogP contribution < -0.4 is 4.74 Å². The Bertz CT molecular complexity index is 2370. The number of carbonyl (C=O) groups excluding carboxylic acids is 3. The molecule has 0 saturated carbocycles. The first kappa shape index (κ1) is 36.8. The van der Waals surface area contributed by atoms with Gasteiger partial charge < -0.3 is 14.0 Å². The van der Waals surface area contributed by atoms with Crippen molar-refractivity contribution in [3.63, 3.8) is 0 Å². The summed E-state index contributed by atoms with van der Waals surface area (Å²) in [4.78, 5) is 37.4. The number of benzene rings is 4. The van der Waals surface area contributed by atoms with Crippen molar-refractivity contribution in [1.82, 2.24) is 24.7 Å². The number of aryl methyl sites for hydroxylation is 1. The second-order valence-corrected chi connectivity index (χ2v) is 12.8. The van der Waals surface area contributed by atoms with E-state index in [9.17, 15) is 14.4 Å². The van der Waals surface area contributed by atoms with Gasteiger partial charge in [0, 0.05) is 26.7 Å². The predicted molar refractivity (Wildman–Crippen MR) is 202 cm³/mol. The molecule has 0 atom stereocenters. The molecule has 0 N–H and O–H groups in total. The van der Waals surface area contributed by atoms with E-state index in [1.54, 1.807) is 61.5 Å². The van der Waals surface area contributed by atoms with Crippen molar-refractivity contribution in [2.75, 3.05) is 13.4 Å². The molecule has 0 spiro atoms. The molecular formula is C39H29Cl2N5O6S. The Kier molecular flexibility index (Phi) is 11.5. The maximum atomic E-state index is 12.9. The normalized spacial score (nSPS) is 10.7. The predicted octanol–water partition coefficient (Wildman–Crippen LogP) is 9.38. The van der Waals surface area contributed by atoms with Crippen LogP contribution in [0.5, 0.6) is 11.5 Å². The van der Waals surface area contributed by atoms with Gasteiger partial charge in [-0.1, -0.05) is 46.6 Å². The summed E-state index contributed by atoms with van der Waals surface area (Å²) in [6, 6.07) is 34.0. The van der Waals surface area contributed by atoms with Crippen molar-refractivity contribution >= 4 is 52.7 Å². The fraction of sp³-hybridized carbons (Fsp3) is 0.0769. The number of ether oxygens (including phenoxy) is 2. The number of rotatable bonds is 8. The lowest BCUT2D eigenvalue weighted by Gasteiger charge is -2.06. The number of aromatic nitrogens is 5. The zero-order valence-corrected chi connectivity index (χ0v) is 30.7. The molecule has 0 radical (unpaired) electrons. The first-order valence-corrected chi connectivity index (χ1v) is 17.8. The van der Waals surface area contributed by atoms with Gasteiger partial charge in [0.05, 0.1) is 30.3 Å².